The number of ether oxygens (including phenoxy) is 2. The molecule has 236 valence electrons. The molecule has 2 unspecified atom stereocenters. The van der Waals surface area contributed by atoms with Gasteiger partial charge in [0, 0.05) is 19.7 Å². The van der Waals surface area contributed by atoms with E-state index in [2.05, 4.69) is 13.2 Å². The van der Waals surface area contributed by atoms with E-state index in [-0.39, 0.29) is 31.6 Å². The maximum absolute atomic E-state index is 14.8. The number of aliphatic hydroxyl groups is 1. The number of anilines is 1. The van der Waals surface area contributed by atoms with Crippen molar-refractivity contribution in [2.45, 2.75) is 95.3 Å². The number of aliphatic hydroxyl groups excluding tert-OH is 1. The molecule has 1 aromatic carbocycles. The van der Waals surface area contributed by atoms with E-state index < -0.39 is 35.0 Å². The van der Waals surface area contributed by atoms with E-state index >= 15 is 0 Å². The molecule has 3 saturated heterocycles. The molecule has 3 heterocycles. The van der Waals surface area contributed by atoms with Gasteiger partial charge in [-0.05, 0) is 69.9 Å². The van der Waals surface area contributed by atoms with E-state index in [9.17, 15) is 19.5 Å². The van der Waals surface area contributed by atoms with Crippen molar-refractivity contribution in [1.82, 2.24) is 4.90 Å². The Bertz CT molecular complexity index is 1190. The highest BCUT2D eigenvalue weighted by molar-refractivity contribution is 6.34. The van der Waals surface area contributed by atoms with Crippen LogP contribution in [-0.2, 0) is 23.9 Å². The minimum Gasteiger partial charge on any atom is -0.465 e. The van der Waals surface area contributed by atoms with Crippen molar-refractivity contribution in [3.8, 4) is 0 Å². The Kier molecular flexibility index (Phi) is 11.1. The normalized spacial score (nSPS) is 27.3. The number of hydrogen-bond donors (Lipinski definition) is 1. The molecular weight excluding hydrogens is 568 g/mol. The molecule has 0 radical (unpaired) electrons. The molecule has 0 aliphatic carbocycles. The largest absolute Gasteiger partial charge is 0.465 e. The summed E-state index contributed by atoms with van der Waals surface area (Å²) in [5.74, 6) is -2.50. The van der Waals surface area contributed by atoms with Gasteiger partial charge in [-0.25, -0.2) is 0 Å². The first-order valence-corrected chi connectivity index (χ1v) is 16.2. The van der Waals surface area contributed by atoms with Gasteiger partial charge < -0.3 is 24.4 Å². The molecular formula is C34H47ClN2O6. The van der Waals surface area contributed by atoms with Crippen LogP contribution in [0.2, 0.25) is 5.02 Å². The van der Waals surface area contributed by atoms with Gasteiger partial charge in [0.15, 0.2) is 0 Å². The van der Waals surface area contributed by atoms with Gasteiger partial charge in [-0.3, -0.25) is 14.4 Å². The van der Waals surface area contributed by atoms with Crippen LogP contribution in [0.1, 0.15) is 76.7 Å². The Morgan fingerprint density at radius 1 is 1.16 bits per heavy atom. The first-order chi connectivity index (χ1) is 20.7. The lowest BCUT2D eigenvalue weighted by Crippen LogP contribution is -2.56. The molecule has 1 spiro atoms. The zero-order chi connectivity index (χ0) is 31.2. The van der Waals surface area contributed by atoms with Gasteiger partial charge in [-0.15, -0.1) is 13.2 Å². The number of halogens is 1. The SMILES string of the molecule is C=CCCCCOC(=O)[C@@H]1[C@H]2C(=O)N(CCCCCCO)C(C(=O)N(CC=C)c3c(C)cccc3Cl)C23CC[C@@]1(CC)O3. The van der Waals surface area contributed by atoms with Crippen LogP contribution in [0.5, 0.6) is 0 Å². The molecule has 0 aromatic heterocycles. The summed E-state index contributed by atoms with van der Waals surface area (Å²) in [6.45, 7) is 12.5. The standard InChI is InChI=1S/C34H47ClN2O6/c1-5-8-9-14-23-42-32(41)27-26-30(39)37(21-12-10-11-13-22-38)29(34(26)19-18-33(27,7-3)43-34)31(40)36(20-6-2)28-24(4)16-15-17-25(28)35/h5-6,15-17,26-27,29,38H,1-2,7-14,18-23H2,3-4H3/t26-,27-,29?,33+,34?/m0/s1. The molecule has 0 saturated carbocycles. The lowest BCUT2D eigenvalue weighted by molar-refractivity contribution is -0.161. The molecule has 5 atom stereocenters. The number of nitrogens with zero attached hydrogens (tertiary/aromatic N) is 2. The van der Waals surface area contributed by atoms with Crippen molar-refractivity contribution >= 4 is 35.1 Å². The summed E-state index contributed by atoms with van der Waals surface area (Å²) in [6.07, 6.45) is 10.5. The van der Waals surface area contributed by atoms with E-state index in [4.69, 9.17) is 21.1 Å². The van der Waals surface area contributed by atoms with Crippen molar-refractivity contribution in [3.63, 3.8) is 0 Å². The van der Waals surface area contributed by atoms with Gasteiger partial charge in [-0.1, -0.05) is 55.7 Å². The van der Waals surface area contributed by atoms with E-state index in [0.29, 0.717) is 55.8 Å². The molecule has 3 aliphatic rings. The topological polar surface area (TPSA) is 96.4 Å². The molecule has 3 fully saturated rings. The first-order valence-electron chi connectivity index (χ1n) is 15.8. The number of hydrogen-bond acceptors (Lipinski definition) is 6. The number of amides is 2. The summed E-state index contributed by atoms with van der Waals surface area (Å²) in [5.41, 5.74) is -0.585. The third kappa shape index (κ3) is 6.16. The number of esters is 1. The molecule has 43 heavy (non-hydrogen) atoms. The Hall–Kier alpha value is -2.68. The summed E-state index contributed by atoms with van der Waals surface area (Å²) in [4.78, 5) is 46.2. The number of carbonyl (C=O) groups excluding carboxylic acids is 3. The number of fused-ring (bicyclic) bond motifs is 1. The zero-order valence-corrected chi connectivity index (χ0v) is 26.4. The number of rotatable bonds is 17. The molecule has 1 N–H and O–H groups in total. The third-order valence-corrected chi connectivity index (χ3v) is 9.86. The smallest absolute Gasteiger partial charge is 0.312 e. The monoisotopic (exact) mass is 614 g/mol. The second-order valence-electron chi connectivity index (χ2n) is 12.1. The second kappa shape index (κ2) is 14.4. The van der Waals surface area contributed by atoms with Gasteiger partial charge >= 0.3 is 5.97 Å². The fourth-order valence-corrected chi connectivity index (χ4v) is 7.85. The average Bonchev–Trinajstić information content (AvgIpc) is 3.59. The number of carbonyl (C=O) groups is 3. The Labute approximate surface area is 261 Å². The number of likely N-dealkylation sites (tertiary alicyclic amines) is 1. The van der Waals surface area contributed by atoms with Crippen molar-refractivity contribution < 1.29 is 29.0 Å². The number of unbranched alkanes of at least 4 members (excludes halogenated alkanes) is 5. The fraction of sp³-hybridized carbons (Fsp3) is 0.618. The molecule has 3 aliphatic heterocycles. The summed E-state index contributed by atoms with van der Waals surface area (Å²) in [7, 11) is 0. The fourth-order valence-electron chi connectivity index (χ4n) is 7.53. The van der Waals surface area contributed by atoms with Crippen LogP contribution >= 0.6 is 11.6 Å². The molecule has 9 heteroatoms. The second-order valence-corrected chi connectivity index (χ2v) is 12.5. The highest BCUT2D eigenvalue weighted by Crippen LogP contribution is 2.64. The van der Waals surface area contributed by atoms with Gasteiger partial charge in [-0.2, -0.15) is 0 Å². The Balaban J connectivity index is 1.72. The number of para-hydroxylation sites is 1. The number of benzene rings is 1. The molecule has 2 amide bonds. The zero-order valence-electron chi connectivity index (χ0n) is 25.7. The highest BCUT2D eigenvalue weighted by atomic mass is 35.5. The maximum atomic E-state index is 14.8. The van der Waals surface area contributed by atoms with Crippen molar-refractivity contribution in [2.24, 2.45) is 11.8 Å². The van der Waals surface area contributed by atoms with E-state index in [1.54, 1.807) is 21.9 Å². The lowest BCUT2D eigenvalue weighted by Gasteiger charge is -2.37. The van der Waals surface area contributed by atoms with Crippen molar-refractivity contribution in [3.05, 3.63) is 54.1 Å². The Morgan fingerprint density at radius 3 is 2.60 bits per heavy atom. The summed E-state index contributed by atoms with van der Waals surface area (Å²) in [6, 6.07) is 4.56. The van der Waals surface area contributed by atoms with Crippen LogP contribution in [0.3, 0.4) is 0 Å². The predicted octanol–water partition coefficient (Wildman–Crippen LogP) is 5.77. The summed E-state index contributed by atoms with van der Waals surface area (Å²) >= 11 is 6.66. The molecule has 4 rings (SSSR count). The number of aryl methyl sites for hydroxylation is 1. The van der Waals surface area contributed by atoms with Crippen molar-refractivity contribution in [1.29, 1.82) is 0 Å². The minimum absolute atomic E-state index is 0.118. The van der Waals surface area contributed by atoms with Crippen LogP contribution < -0.4 is 4.90 Å². The molecule has 8 nitrogen and oxygen atoms in total. The molecule has 1 aromatic rings. The average molecular weight is 615 g/mol. The van der Waals surface area contributed by atoms with Crippen molar-refractivity contribution in [2.75, 3.05) is 31.2 Å². The van der Waals surface area contributed by atoms with E-state index in [1.165, 1.54) is 0 Å². The Morgan fingerprint density at radius 2 is 1.93 bits per heavy atom. The van der Waals surface area contributed by atoms with Crippen LogP contribution in [0, 0.1) is 18.8 Å². The summed E-state index contributed by atoms with van der Waals surface area (Å²) < 4.78 is 12.7. The first kappa shape index (κ1) is 33.2. The maximum Gasteiger partial charge on any atom is 0.312 e. The van der Waals surface area contributed by atoms with Crippen LogP contribution in [-0.4, -0.2) is 71.3 Å². The van der Waals surface area contributed by atoms with E-state index in [1.807, 2.05) is 32.1 Å². The van der Waals surface area contributed by atoms with Crippen LogP contribution in [0.4, 0.5) is 5.69 Å². The van der Waals surface area contributed by atoms with Gasteiger partial charge in [0.05, 0.1) is 28.8 Å². The lowest BCUT2D eigenvalue weighted by atomic mass is 9.65. The molecule has 2 bridgehead atoms. The number of allylic oxidation sites excluding steroid dienone is 1. The van der Waals surface area contributed by atoms with Gasteiger partial charge in [0.2, 0.25) is 5.91 Å². The van der Waals surface area contributed by atoms with Crippen LogP contribution in [0.25, 0.3) is 0 Å². The highest BCUT2D eigenvalue weighted by Gasteiger charge is 2.79. The minimum atomic E-state index is -1.14. The summed E-state index contributed by atoms with van der Waals surface area (Å²) in [5, 5.41) is 9.65. The quantitative estimate of drug-likeness (QED) is 0.136. The van der Waals surface area contributed by atoms with Gasteiger partial charge in [0.25, 0.3) is 5.91 Å². The third-order valence-electron chi connectivity index (χ3n) is 9.56. The predicted molar refractivity (Wildman–Crippen MR) is 168 cm³/mol. The van der Waals surface area contributed by atoms with Gasteiger partial charge in [0.1, 0.15) is 17.6 Å². The van der Waals surface area contributed by atoms with E-state index in [0.717, 1.165) is 31.2 Å². The van der Waals surface area contributed by atoms with Crippen LogP contribution in [0.15, 0.2) is 43.5 Å².